The maximum Gasteiger partial charge on any atom is 0.271 e. The Labute approximate surface area is 102 Å². The minimum absolute atomic E-state index is 0.00645. The molecule has 0 amide bonds. The number of hydrogen-bond donors (Lipinski definition) is 1. The lowest BCUT2D eigenvalue weighted by atomic mass is 10.3. The van der Waals surface area contributed by atoms with Gasteiger partial charge in [-0.25, -0.2) is 4.98 Å². The van der Waals surface area contributed by atoms with Crippen LogP contribution in [0.1, 0.15) is 0 Å². The van der Waals surface area contributed by atoms with Crippen molar-refractivity contribution in [1.29, 1.82) is 0 Å². The highest BCUT2D eigenvalue weighted by molar-refractivity contribution is 5.50. The number of benzene rings is 1. The minimum atomic E-state index is -0.471. The summed E-state index contributed by atoms with van der Waals surface area (Å²) in [6, 6.07) is 11.3. The fraction of sp³-hybridized carbons (Fsp3) is 0. The van der Waals surface area contributed by atoms with E-state index in [-0.39, 0.29) is 5.69 Å². The molecule has 0 unspecified atom stereocenters. The van der Waals surface area contributed by atoms with Gasteiger partial charge < -0.3 is 0 Å². The summed E-state index contributed by atoms with van der Waals surface area (Å²) >= 11 is 0. The van der Waals surface area contributed by atoms with Gasteiger partial charge in [0.1, 0.15) is 0 Å². The summed E-state index contributed by atoms with van der Waals surface area (Å²) in [6.07, 6.45) is 1.60. The van der Waals surface area contributed by atoms with Crippen LogP contribution in [0.25, 0.3) is 0 Å². The molecule has 1 aromatic heterocycles. The fourth-order valence-electron chi connectivity index (χ4n) is 1.24. The van der Waals surface area contributed by atoms with Crippen LogP contribution in [0.4, 0.5) is 17.2 Å². The van der Waals surface area contributed by atoms with Gasteiger partial charge in [-0.1, -0.05) is 17.4 Å². The minimum Gasteiger partial charge on any atom is -0.260 e. The molecule has 0 spiro atoms. The molecule has 1 aromatic carbocycles. The molecule has 0 aliphatic heterocycles. The monoisotopic (exact) mass is 243 g/mol. The van der Waals surface area contributed by atoms with Crippen molar-refractivity contribution in [3.63, 3.8) is 0 Å². The highest BCUT2D eigenvalue weighted by atomic mass is 16.6. The summed E-state index contributed by atoms with van der Waals surface area (Å²) in [6.45, 7) is 0. The van der Waals surface area contributed by atoms with E-state index in [1.54, 1.807) is 36.5 Å². The standard InChI is InChI=1S/C11H9N5O2/c17-16(18)10-5-3-4-9(8-10)13-15-14-11-6-1-2-7-12-11/h1-8H,(H,12,13,14). The summed E-state index contributed by atoms with van der Waals surface area (Å²) in [5.41, 5.74) is 3.09. The maximum absolute atomic E-state index is 10.6. The number of pyridine rings is 1. The molecule has 0 aliphatic rings. The molecule has 0 aliphatic carbocycles. The number of nitro groups is 1. The van der Waals surface area contributed by atoms with Gasteiger partial charge in [-0.2, -0.15) is 0 Å². The summed E-state index contributed by atoms with van der Waals surface area (Å²) < 4.78 is 0. The lowest BCUT2D eigenvalue weighted by Crippen LogP contribution is -1.90. The molecule has 2 aromatic rings. The lowest BCUT2D eigenvalue weighted by molar-refractivity contribution is -0.384. The van der Waals surface area contributed by atoms with E-state index in [0.717, 1.165) is 0 Å². The molecular weight excluding hydrogens is 234 g/mol. The third-order valence-corrected chi connectivity index (χ3v) is 2.04. The Bertz CT molecular complexity index is 571. The first-order chi connectivity index (χ1) is 8.75. The Morgan fingerprint density at radius 3 is 2.83 bits per heavy atom. The number of nitro benzene ring substituents is 1. The molecule has 0 saturated heterocycles. The van der Waals surface area contributed by atoms with Crippen molar-refractivity contribution in [3.8, 4) is 0 Å². The van der Waals surface area contributed by atoms with E-state index in [1.807, 2.05) is 0 Å². The zero-order valence-corrected chi connectivity index (χ0v) is 9.22. The average Bonchev–Trinajstić information content (AvgIpc) is 2.40. The molecule has 0 atom stereocenters. The van der Waals surface area contributed by atoms with Gasteiger partial charge in [0.25, 0.3) is 5.69 Å². The van der Waals surface area contributed by atoms with Crippen molar-refractivity contribution in [3.05, 3.63) is 58.8 Å². The van der Waals surface area contributed by atoms with E-state index in [1.165, 1.54) is 12.1 Å². The summed E-state index contributed by atoms with van der Waals surface area (Å²) in [7, 11) is 0. The predicted octanol–water partition coefficient (Wildman–Crippen LogP) is 3.10. The number of nitrogens with one attached hydrogen (secondary N) is 1. The van der Waals surface area contributed by atoms with Crippen LogP contribution in [-0.4, -0.2) is 9.91 Å². The first kappa shape index (κ1) is 11.6. The number of aromatic nitrogens is 1. The maximum atomic E-state index is 10.6. The molecule has 7 heteroatoms. The highest BCUT2D eigenvalue weighted by Crippen LogP contribution is 2.17. The van der Waals surface area contributed by atoms with Crippen LogP contribution in [0, 0.1) is 10.1 Å². The first-order valence-electron chi connectivity index (χ1n) is 5.08. The zero-order valence-electron chi connectivity index (χ0n) is 9.22. The predicted molar refractivity (Wildman–Crippen MR) is 65.5 cm³/mol. The van der Waals surface area contributed by atoms with E-state index in [2.05, 4.69) is 20.7 Å². The largest absolute Gasteiger partial charge is 0.271 e. The molecule has 1 N–H and O–H groups in total. The third kappa shape index (κ3) is 3.08. The van der Waals surface area contributed by atoms with Gasteiger partial charge in [-0.05, 0) is 18.2 Å². The molecule has 18 heavy (non-hydrogen) atoms. The van der Waals surface area contributed by atoms with Crippen molar-refractivity contribution in [2.75, 3.05) is 5.43 Å². The Morgan fingerprint density at radius 2 is 2.11 bits per heavy atom. The van der Waals surface area contributed by atoms with E-state index >= 15 is 0 Å². The molecule has 7 nitrogen and oxygen atoms in total. The van der Waals surface area contributed by atoms with Crippen molar-refractivity contribution in [1.82, 2.24) is 4.98 Å². The van der Waals surface area contributed by atoms with Gasteiger partial charge in [0.15, 0.2) is 5.82 Å². The molecular formula is C11H9N5O2. The quantitative estimate of drug-likeness (QED) is 0.507. The number of non-ortho nitro benzene ring substituents is 1. The Morgan fingerprint density at radius 1 is 1.22 bits per heavy atom. The van der Waals surface area contributed by atoms with Gasteiger partial charge in [-0.15, -0.1) is 5.11 Å². The Balaban J connectivity index is 2.04. The van der Waals surface area contributed by atoms with E-state index < -0.39 is 4.92 Å². The second-order valence-corrected chi connectivity index (χ2v) is 3.31. The van der Waals surface area contributed by atoms with E-state index in [4.69, 9.17) is 0 Å². The number of hydrogen-bond acceptors (Lipinski definition) is 5. The molecule has 0 fully saturated rings. The van der Waals surface area contributed by atoms with Crippen molar-refractivity contribution in [2.45, 2.75) is 0 Å². The molecule has 0 radical (unpaired) electrons. The van der Waals surface area contributed by atoms with Gasteiger partial charge in [0.2, 0.25) is 0 Å². The number of nitrogens with zero attached hydrogens (tertiary/aromatic N) is 4. The van der Waals surface area contributed by atoms with Crippen LogP contribution in [0.2, 0.25) is 0 Å². The third-order valence-electron chi connectivity index (χ3n) is 2.04. The SMILES string of the molecule is O=[N+]([O-])c1cccc(N/N=N\c2ccccn2)c1. The molecule has 0 saturated carbocycles. The topological polar surface area (TPSA) is 92.8 Å². The summed E-state index contributed by atoms with van der Waals surface area (Å²) in [5, 5.41) is 18.1. The van der Waals surface area contributed by atoms with Gasteiger partial charge in [0.05, 0.1) is 10.6 Å². The molecule has 0 bridgehead atoms. The highest BCUT2D eigenvalue weighted by Gasteiger charge is 2.04. The van der Waals surface area contributed by atoms with Gasteiger partial charge >= 0.3 is 0 Å². The molecule has 1 heterocycles. The number of anilines is 1. The first-order valence-corrected chi connectivity index (χ1v) is 5.08. The lowest BCUT2D eigenvalue weighted by Gasteiger charge is -1.98. The van der Waals surface area contributed by atoms with Crippen LogP contribution >= 0.6 is 0 Å². The second kappa shape index (κ2) is 5.48. The van der Waals surface area contributed by atoms with Crippen LogP contribution in [0.5, 0.6) is 0 Å². The van der Waals surface area contributed by atoms with Gasteiger partial charge in [-0.3, -0.25) is 15.5 Å². The van der Waals surface area contributed by atoms with Crippen LogP contribution < -0.4 is 5.43 Å². The molecule has 90 valence electrons. The number of rotatable bonds is 4. The Kier molecular flexibility index (Phi) is 3.55. The van der Waals surface area contributed by atoms with Crippen molar-refractivity contribution < 1.29 is 4.92 Å². The van der Waals surface area contributed by atoms with Gasteiger partial charge in [0, 0.05) is 18.3 Å². The van der Waals surface area contributed by atoms with Crippen molar-refractivity contribution >= 4 is 17.2 Å². The smallest absolute Gasteiger partial charge is 0.260 e. The average molecular weight is 243 g/mol. The second-order valence-electron chi connectivity index (χ2n) is 3.31. The molecule has 2 rings (SSSR count). The van der Waals surface area contributed by atoms with Crippen LogP contribution in [-0.2, 0) is 0 Å². The normalized spacial score (nSPS) is 10.4. The van der Waals surface area contributed by atoms with E-state index in [0.29, 0.717) is 11.5 Å². The van der Waals surface area contributed by atoms with Crippen LogP contribution in [0.3, 0.4) is 0 Å². The summed E-state index contributed by atoms with van der Waals surface area (Å²) in [5.74, 6) is 0.454. The van der Waals surface area contributed by atoms with Crippen LogP contribution in [0.15, 0.2) is 59.0 Å². The summed E-state index contributed by atoms with van der Waals surface area (Å²) in [4.78, 5) is 14.0. The fourth-order valence-corrected chi connectivity index (χ4v) is 1.24. The zero-order chi connectivity index (χ0) is 12.8. The van der Waals surface area contributed by atoms with Crippen molar-refractivity contribution in [2.24, 2.45) is 10.3 Å². The Hall–Kier alpha value is -2.83. The van der Waals surface area contributed by atoms with E-state index in [9.17, 15) is 10.1 Å².